The third-order valence-electron chi connectivity index (χ3n) is 4.34. The van der Waals surface area contributed by atoms with Crippen molar-refractivity contribution >= 4 is 35.4 Å². The molecule has 11 heteroatoms. The first-order valence-electron chi connectivity index (χ1n) is 8.11. The maximum atomic E-state index is 12.7. The average Bonchev–Trinajstić information content (AvgIpc) is 3.03. The third-order valence-corrected chi connectivity index (χ3v) is 9.89. The number of rotatable bonds is 5. The van der Waals surface area contributed by atoms with Crippen LogP contribution in [0.1, 0.15) is 12.0 Å². The highest BCUT2D eigenvalue weighted by Gasteiger charge is 2.38. The van der Waals surface area contributed by atoms with Crippen molar-refractivity contribution in [2.75, 3.05) is 16.2 Å². The number of benzene rings is 2. The van der Waals surface area contributed by atoms with Gasteiger partial charge in [0.25, 0.3) is 10.0 Å². The molecule has 8 nitrogen and oxygen atoms in total. The third kappa shape index (κ3) is 4.19. The van der Waals surface area contributed by atoms with Crippen molar-refractivity contribution in [2.24, 2.45) is 0 Å². The lowest BCUT2D eigenvalue weighted by Gasteiger charge is -2.12. The number of anilines is 1. The van der Waals surface area contributed by atoms with E-state index in [2.05, 4.69) is 4.72 Å². The van der Waals surface area contributed by atoms with Crippen LogP contribution in [-0.2, 0) is 29.7 Å². The molecule has 0 radical (unpaired) electrons. The maximum Gasteiger partial charge on any atom is 0.261 e. The van der Waals surface area contributed by atoms with Crippen molar-refractivity contribution in [3.8, 4) is 6.07 Å². The van der Waals surface area contributed by atoms with E-state index in [9.17, 15) is 25.3 Å². The summed E-state index contributed by atoms with van der Waals surface area (Å²) in [5.41, 5.74) is 0.580. The Morgan fingerprint density at radius 1 is 1.00 bits per heavy atom. The minimum atomic E-state index is -4.08. The Balaban J connectivity index is 1.90. The van der Waals surface area contributed by atoms with Crippen LogP contribution >= 0.6 is 0 Å². The van der Waals surface area contributed by atoms with Gasteiger partial charge in [-0.3, -0.25) is 4.72 Å². The summed E-state index contributed by atoms with van der Waals surface area (Å²) in [6.07, 6.45) is -0.00879. The van der Waals surface area contributed by atoms with E-state index < -0.39 is 40.7 Å². The summed E-state index contributed by atoms with van der Waals surface area (Å²) >= 11 is 0. The fourth-order valence-corrected chi connectivity index (χ4v) is 8.43. The van der Waals surface area contributed by atoms with E-state index in [0.29, 0.717) is 5.56 Å². The molecule has 0 amide bonds. The SMILES string of the molecule is N#Cc1ccc(NS(=O)(=O)c2cccc(S(=O)(=O)C3CCS(=O)(=O)C3)c2)cc1. The monoisotopic (exact) mass is 440 g/mol. The smallest absolute Gasteiger partial charge is 0.261 e. The number of nitrogens with one attached hydrogen (secondary N) is 1. The summed E-state index contributed by atoms with van der Waals surface area (Å²) in [5.74, 6) is -0.662. The van der Waals surface area contributed by atoms with Crippen molar-refractivity contribution in [2.45, 2.75) is 21.5 Å². The van der Waals surface area contributed by atoms with Gasteiger partial charge >= 0.3 is 0 Å². The van der Waals surface area contributed by atoms with Crippen LogP contribution < -0.4 is 4.72 Å². The highest BCUT2D eigenvalue weighted by molar-refractivity contribution is 7.96. The number of sulfonamides is 1. The van der Waals surface area contributed by atoms with Gasteiger partial charge in [0.05, 0.1) is 38.2 Å². The maximum absolute atomic E-state index is 12.7. The van der Waals surface area contributed by atoms with Gasteiger partial charge in [0.15, 0.2) is 19.7 Å². The van der Waals surface area contributed by atoms with Crippen molar-refractivity contribution in [3.63, 3.8) is 0 Å². The Morgan fingerprint density at radius 3 is 2.21 bits per heavy atom. The first kappa shape index (κ1) is 20.3. The second-order valence-electron chi connectivity index (χ2n) is 6.34. The van der Waals surface area contributed by atoms with Crippen LogP contribution in [0.5, 0.6) is 0 Å². The zero-order chi connectivity index (χ0) is 20.6. The molecule has 1 fully saturated rings. The van der Waals surface area contributed by atoms with Gasteiger partial charge in [0, 0.05) is 5.69 Å². The Hall–Kier alpha value is -2.42. The van der Waals surface area contributed by atoms with Crippen LogP contribution in [0.3, 0.4) is 0 Å². The number of nitriles is 1. The summed E-state index contributed by atoms with van der Waals surface area (Å²) in [4.78, 5) is -0.504. The second kappa shape index (κ2) is 7.20. The molecule has 1 atom stereocenters. The standard InChI is InChI=1S/C17H16N2O6S3/c18-11-13-4-6-14(7-5-13)19-28(24,25)16-3-1-2-15(10-16)27(22,23)17-8-9-26(20,21)12-17/h1-7,10,17,19H,8-9,12H2. The van der Waals surface area contributed by atoms with Gasteiger partial charge in [-0.2, -0.15) is 5.26 Å². The molecule has 0 bridgehead atoms. The quantitative estimate of drug-likeness (QED) is 0.740. The minimum absolute atomic E-state index is 0.00879. The van der Waals surface area contributed by atoms with E-state index in [-0.39, 0.29) is 27.7 Å². The lowest BCUT2D eigenvalue weighted by molar-refractivity contribution is 0.582. The largest absolute Gasteiger partial charge is 0.280 e. The van der Waals surface area contributed by atoms with Crippen molar-refractivity contribution < 1.29 is 25.3 Å². The van der Waals surface area contributed by atoms with E-state index in [1.165, 1.54) is 42.5 Å². The number of sulfone groups is 2. The highest BCUT2D eigenvalue weighted by Crippen LogP contribution is 2.27. The molecule has 0 aliphatic carbocycles. The van der Waals surface area contributed by atoms with Crippen LogP contribution in [0.25, 0.3) is 0 Å². The Morgan fingerprint density at radius 2 is 1.64 bits per heavy atom. The lowest BCUT2D eigenvalue weighted by atomic mass is 10.2. The highest BCUT2D eigenvalue weighted by atomic mass is 32.2. The summed E-state index contributed by atoms with van der Waals surface area (Å²) in [6.45, 7) is 0. The molecule has 1 aliphatic rings. The van der Waals surface area contributed by atoms with Gasteiger partial charge in [0.1, 0.15) is 0 Å². The van der Waals surface area contributed by atoms with Gasteiger partial charge in [-0.25, -0.2) is 25.3 Å². The molecule has 1 unspecified atom stereocenters. The molecule has 3 rings (SSSR count). The fourth-order valence-electron chi connectivity index (χ4n) is 2.84. The molecule has 1 N–H and O–H groups in total. The number of hydrogen-bond donors (Lipinski definition) is 1. The molecular weight excluding hydrogens is 424 g/mol. The van der Waals surface area contributed by atoms with Crippen molar-refractivity contribution in [1.29, 1.82) is 5.26 Å². The molecule has 1 heterocycles. The van der Waals surface area contributed by atoms with Crippen LogP contribution in [0.2, 0.25) is 0 Å². The molecule has 1 aliphatic heterocycles. The molecule has 2 aromatic carbocycles. The van der Waals surface area contributed by atoms with Crippen LogP contribution in [-0.4, -0.2) is 42.0 Å². The molecule has 0 aromatic heterocycles. The van der Waals surface area contributed by atoms with Crippen LogP contribution in [0, 0.1) is 11.3 Å². The summed E-state index contributed by atoms with van der Waals surface area (Å²) in [7, 11) is -11.5. The van der Waals surface area contributed by atoms with Crippen molar-refractivity contribution in [3.05, 3.63) is 54.1 Å². The molecule has 1 saturated heterocycles. The minimum Gasteiger partial charge on any atom is -0.280 e. The topological polar surface area (TPSA) is 138 Å². The molecule has 0 saturated carbocycles. The molecular formula is C17H16N2O6S3. The summed E-state index contributed by atoms with van der Waals surface area (Å²) < 4.78 is 76.2. The fraction of sp³-hybridized carbons (Fsp3) is 0.235. The average molecular weight is 441 g/mol. The van der Waals surface area contributed by atoms with Gasteiger partial charge in [-0.15, -0.1) is 0 Å². The summed E-state index contributed by atoms with van der Waals surface area (Å²) in [5, 5.41) is 7.70. The molecule has 28 heavy (non-hydrogen) atoms. The van der Waals surface area contributed by atoms with E-state index >= 15 is 0 Å². The van der Waals surface area contributed by atoms with Gasteiger partial charge < -0.3 is 0 Å². The number of hydrogen-bond acceptors (Lipinski definition) is 7. The Bertz CT molecular complexity index is 1260. The first-order valence-corrected chi connectivity index (χ1v) is 13.0. The normalized spacial score (nSPS) is 19.0. The molecule has 148 valence electrons. The van der Waals surface area contributed by atoms with Crippen molar-refractivity contribution in [1.82, 2.24) is 0 Å². The zero-order valence-corrected chi connectivity index (χ0v) is 16.9. The van der Waals surface area contributed by atoms with Gasteiger partial charge in [-0.05, 0) is 48.9 Å². The summed E-state index contributed by atoms with van der Waals surface area (Å²) in [6, 6.07) is 12.5. The molecule has 0 spiro atoms. The van der Waals surface area contributed by atoms with E-state index in [0.717, 1.165) is 6.07 Å². The van der Waals surface area contributed by atoms with Gasteiger partial charge in [0.2, 0.25) is 0 Å². The van der Waals surface area contributed by atoms with Crippen LogP contribution in [0.15, 0.2) is 58.3 Å². The number of nitrogens with zero attached hydrogens (tertiary/aromatic N) is 1. The first-order chi connectivity index (χ1) is 13.0. The second-order valence-corrected chi connectivity index (χ2v) is 12.5. The lowest BCUT2D eigenvalue weighted by Crippen LogP contribution is -2.23. The zero-order valence-electron chi connectivity index (χ0n) is 14.4. The predicted octanol–water partition coefficient (Wildman–Crippen LogP) is 1.32. The van der Waals surface area contributed by atoms with E-state index in [1.54, 1.807) is 0 Å². The van der Waals surface area contributed by atoms with Crippen LogP contribution in [0.4, 0.5) is 5.69 Å². The Labute approximate surface area is 163 Å². The Kier molecular flexibility index (Phi) is 5.22. The van der Waals surface area contributed by atoms with E-state index in [1.807, 2.05) is 6.07 Å². The predicted molar refractivity (Wildman–Crippen MR) is 103 cm³/mol. The van der Waals surface area contributed by atoms with E-state index in [4.69, 9.17) is 5.26 Å². The van der Waals surface area contributed by atoms with Gasteiger partial charge in [-0.1, -0.05) is 6.07 Å². The molecule has 2 aromatic rings.